The van der Waals surface area contributed by atoms with E-state index in [9.17, 15) is 14.5 Å². The molecule has 0 saturated carbocycles. The van der Waals surface area contributed by atoms with Crippen molar-refractivity contribution in [3.8, 4) is 0 Å². The number of nitrogens with one attached hydrogen (secondary N) is 2. The Kier molecular flexibility index (Phi) is 6.51. The number of likely N-dealkylation sites (tertiary alicyclic amines) is 1. The fourth-order valence-corrected chi connectivity index (χ4v) is 3.34. The molecule has 0 radical (unpaired) electrons. The Morgan fingerprint density at radius 1 is 1.22 bits per heavy atom. The van der Waals surface area contributed by atoms with E-state index in [0.29, 0.717) is 11.0 Å². The normalized spacial score (nSPS) is 14.7. The first-order valence-electron chi connectivity index (χ1n) is 8.72. The Bertz CT molecular complexity index is 816. The van der Waals surface area contributed by atoms with Crippen molar-refractivity contribution < 1.29 is 9.31 Å². The molecular formula is C17H20BrFN6O2. The summed E-state index contributed by atoms with van der Waals surface area (Å²) in [5.74, 6) is -0.486. The molecule has 2 aromatic rings. The van der Waals surface area contributed by atoms with Crippen LogP contribution in [0, 0.1) is 15.9 Å². The maximum absolute atomic E-state index is 14.1. The lowest BCUT2D eigenvalue weighted by atomic mass is 10.1. The van der Waals surface area contributed by atoms with Crippen molar-refractivity contribution in [3.05, 3.63) is 44.9 Å². The Hall–Kier alpha value is -2.33. The van der Waals surface area contributed by atoms with Gasteiger partial charge in [-0.25, -0.2) is 14.4 Å². The molecule has 1 aromatic carbocycles. The minimum absolute atomic E-state index is 0.0586. The largest absolute Gasteiger partial charge is 0.363 e. The van der Waals surface area contributed by atoms with Crippen molar-refractivity contribution in [2.75, 3.05) is 36.8 Å². The molecule has 2 heterocycles. The van der Waals surface area contributed by atoms with Crippen molar-refractivity contribution >= 4 is 38.9 Å². The van der Waals surface area contributed by atoms with Crippen LogP contribution in [0.2, 0.25) is 0 Å². The van der Waals surface area contributed by atoms with Gasteiger partial charge in [0.2, 0.25) is 11.6 Å². The van der Waals surface area contributed by atoms with Gasteiger partial charge in [0.15, 0.2) is 0 Å². The van der Waals surface area contributed by atoms with Gasteiger partial charge in [-0.3, -0.25) is 10.1 Å². The van der Waals surface area contributed by atoms with E-state index in [1.54, 1.807) is 6.07 Å². The Morgan fingerprint density at radius 3 is 2.67 bits per heavy atom. The van der Waals surface area contributed by atoms with Gasteiger partial charge in [0.1, 0.15) is 12.1 Å². The van der Waals surface area contributed by atoms with E-state index in [1.165, 1.54) is 37.7 Å². The minimum atomic E-state index is -0.567. The molecule has 0 bridgehead atoms. The number of anilines is 3. The van der Waals surface area contributed by atoms with Crippen LogP contribution in [0.1, 0.15) is 19.3 Å². The molecule has 1 aliphatic rings. The van der Waals surface area contributed by atoms with Crippen LogP contribution in [0.5, 0.6) is 0 Å². The maximum Gasteiger partial charge on any atom is 0.353 e. The SMILES string of the molecule is O=[N+]([O-])c1c(NCCN2CCCCC2)ncnc1Nc1ccc(Br)cc1F. The highest BCUT2D eigenvalue weighted by atomic mass is 79.9. The van der Waals surface area contributed by atoms with E-state index in [0.717, 1.165) is 19.6 Å². The summed E-state index contributed by atoms with van der Waals surface area (Å²) >= 11 is 3.18. The van der Waals surface area contributed by atoms with Crippen molar-refractivity contribution in [2.24, 2.45) is 0 Å². The molecule has 0 atom stereocenters. The van der Waals surface area contributed by atoms with Crippen LogP contribution in [-0.2, 0) is 0 Å². The molecule has 1 aromatic heterocycles. The summed E-state index contributed by atoms with van der Waals surface area (Å²) in [6.45, 7) is 3.40. The first-order chi connectivity index (χ1) is 13.0. The second kappa shape index (κ2) is 9.05. The lowest BCUT2D eigenvalue weighted by molar-refractivity contribution is -0.383. The van der Waals surface area contributed by atoms with Gasteiger partial charge < -0.3 is 15.5 Å². The summed E-state index contributed by atoms with van der Waals surface area (Å²) in [5, 5.41) is 17.3. The number of halogens is 2. The molecule has 144 valence electrons. The lowest BCUT2D eigenvalue weighted by Crippen LogP contribution is -2.33. The summed E-state index contributed by atoms with van der Waals surface area (Å²) in [7, 11) is 0. The maximum atomic E-state index is 14.1. The standard InChI is InChI=1S/C17H20BrFN6O2/c18-12-4-5-14(13(19)10-12)23-17-15(25(26)27)16(21-11-22-17)20-6-9-24-7-2-1-3-8-24/h4-5,10-11H,1-3,6-9H2,(H2,20,21,22,23). The highest BCUT2D eigenvalue weighted by Gasteiger charge is 2.24. The summed E-state index contributed by atoms with van der Waals surface area (Å²) in [4.78, 5) is 21.2. The molecular weight excluding hydrogens is 419 g/mol. The smallest absolute Gasteiger partial charge is 0.353 e. The predicted molar refractivity (Wildman–Crippen MR) is 105 cm³/mol. The van der Waals surface area contributed by atoms with Gasteiger partial charge in [-0.1, -0.05) is 22.4 Å². The first-order valence-corrected chi connectivity index (χ1v) is 9.51. The van der Waals surface area contributed by atoms with E-state index >= 15 is 0 Å². The highest BCUT2D eigenvalue weighted by Crippen LogP contribution is 2.32. The highest BCUT2D eigenvalue weighted by molar-refractivity contribution is 9.10. The first kappa shape index (κ1) is 19.4. The van der Waals surface area contributed by atoms with E-state index in [4.69, 9.17) is 0 Å². The summed E-state index contributed by atoms with van der Waals surface area (Å²) < 4.78 is 14.6. The monoisotopic (exact) mass is 438 g/mol. The Morgan fingerprint density at radius 2 is 1.96 bits per heavy atom. The van der Waals surface area contributed by atoms with Gasteiger partial charge in [0, 0.05) is 17.6 Å². The van der Waals surface area contributed by atoms with E-state index in [-0.39, 0.29) is 23.0 Å². The van der Waals surface area contributed by atoms with Gasteiger partial charge in [-0.15, -0.1) is 0 Å². The van der Waals surface area contributed by atoms with Crippen LogP contribution in [0.4, 0.5) is 27.4 Å². The van der Waals surface area contributed by atoms with Crippen LogP contribution in [-0.4, -0.2) is 46.0 Å². The number of rotatable bonds is 7. The summed E-state index contributed by atoms with van der Waals surface area (Å²) in [6.07, 6.45) is 4.83. The van der Waals surface area contributed by atoms with Crippen molar-refractivity contribution in [2.45, 2.75) is 19.3 Å². The molecule has 1 saturated heterocycles. The average molecular weight is 439 g/mol. The molecule has 27 heavy (non-hydrogen) atoms. The molecule has 1 fully saturated rings. The average Bonchev–Trinajstić information content (AvgIpc) is 2.65. The van der Waals surface area contributed by atoms with Gasteiger partial charge in [-0.2, -0.15) is 0 Å². The number of aromatic nitrogens is 2. The zero-order chi connectivity index (χ0) is 19.2. The third-order valence-corrected chi connectivity index (χ3v) is 4.85. The number of benzene rings is 1. The molecule has 0 amide bonds. The lowest BCUT2D eigenvalue weighted by Gasteiger charge is -2.26. The molecule has 3 rings (SSSR count). The molecule has 0 spiro atoms. The molecule has 0 aliphatic carbocycles. The number of piperidine rings is 1. The van der Waals surface area contributed by atoms with Crippen LogP contribution in [0.15, 0.2) is 29.0 Å². The zero-order valence-corrected chi connectivity index (χ0v) is 16.2. The van der Waals surface area contributed by atoms with Gasteiger partial charge >= 0.3 is 5.69 Å². The van der Waals surface area contributed by atoms with Crippen LogP contribution in [0.3, 0.4) is 0 Å². The Labute approximate surface area is 164 Å². The number of nitrogens with zero attached hydrogens (tertiary/aromatic N) is 4. The zero-order valence-electron chi connectivity index (χ0n) is 14.6. The molecule has 0 unspecified atom stereocenters. The van der Waals surface area contributed by atoms with Gasteiger partial charge in [0.25, 0.3) is 0 Å². The quantitative estimate of drug-likeness (QED) is 0.499. The molecule has 2 N–H and O–H groups in total. The van der Waals surface area contributed by atoms with Crippen molar-refractivity contribution in [1.29, 1.82) is 0 Å². The fourth-order valence-electron chi connectivity index (χ4n) is 3.01. The minimum Gasteiger partial charge on any atom is -0.363 e. The van der Waals surface area contributed by atoms with Gasteiger partial charge in [0.05, 0.1) is 10.6 Å². The third-order valence-electron chi connectivity index (χ3n) is 4.36. The third kappa shape index (κ3) is 5.10. The molecule has 10 heteroatoms. The summed E-state index contributed by atoms with van der Waals surface area (Å²) in [5.41, 5.74) is -0.210. The number of hydrogen-bond acceptors (Lipinski definition) is 7. The molecule has 1 aliphatic heterocycles. The fraction of sp³-hybridized carbons (Fsp3) is 0.412. The van der Waals surface area contributed by atoms with Crippen LogP contribution >= 0.6 is 15.9 Å². The number of nitro groups is 1. The predicted octanol–water partition coefficient (Wildman–Crippen LogP) is 3.93. The van der Waals surface area contributed by atoms with E-state index in [2.05, 4.69) is 41.4 Å². The Balaban J connectivity index is 1.74. The second-order valence-corrected chi connectivity index (χ2v) is 7.17. The van der Waals surface area contributed by atoms with Crippen LogP contribution in [0.25, 0.3) is 0 Å². The summed E-state index contributed by atoms with van der Waals surface area (Å²) in [6, 6.07) is 4.39. The van der Waals surface area contributed by atoms with Crippen LogP contribution < -0.4 is 10.6 Å². The topological polar surface area (TPSA) is 96.2 Å². The molecule has 8 nitrogen and oxygen atoms in total. The number of hydrogen-bond donors (Lipinski definition) is 2. The second-order valence-electron chi connectivity index (χ2n) is 6.25. The van der Waals surface area contributed by atoms with Gasteiger partial charge in [-0.05, 0) is 44.1 Å². The van der Waals surface area contributed by atoms with E-state index in [1.807, 2.05) is 0 Å². The van der Waals surface area contributed by atoms with Crippen molar-refractivity contribution in [3.63, 3.8) is 0 Å². The van der Waals surface area contributed by atoms with E-state index < -0.39 is 10.7 Å². The van der Waals surface area contributed by atoms with Crippen molar-refractivity contribution in [1.82, 2.24) is 14.9 Å².